The van der Waals surface area contributed by atoms with Crippen molar-refractivity contribution in [3.63, 3.8) is 0 Å². The number of halogens is 1. The molecule has 6 heteroatoms. The summed E-state index contributed by atoms with van der Waals surface area (Å²) in [7, 11) is 0. The van der Waals surface area contributed by atoms with Gasteiger partial charge in [0.05, 0.1) is 0 Å². The number of benzene rings is 1. The molecule has 1 unspecified atom stereocenters. The molecule has 1 saturated heterocycles. The van der Waals surface area contributed by atoms with Crippen molar-refractivity contribution in [3.8, 4) is 0 Å². The van der Waals surface area contributed by atoms with E-state index in [0.29, 0.717) is 12.1 Å². The maximum atomic E-state index is 13.2. The van der Waals surface area contributed by atoms with Crippen molar-refractivity contribution >= 4 is 17.7 Å². The zero-order chi connectivity index (χ0) is 13.2. The van der Waals surface area contributed by atoms with Crippen molar-refractivity contribution < 1.29 is 9.18 Å². The first-order chi connectivity index (χ1) is 8.60. The predicted octanol–water partition coefficient (Wildman–Crippen LogP) is 0.301. The second-order valence-corrected chi connectivity index (χ2v) is 5.62. The number of carbonyl (C=O) groups is 1. The van der Waals surface area contributed by atoms with E-state index in [-0.39, 0.29) is 12.4 Å². The summed E-state index contributed by atoms with van der Waals surface area (Å²) in [6, 6.07) is 4.33. The fourth-order valence-corrected chi connectivity index (χ4v) is 3.50. The summed E-state index contributed by atoms with van der Waals surface area (Å²) in [4.78, 5) is 11.9. The van der Waals surface area contributed by atoms with Crippen LogP contribution in [0.5, 0.6) is 0 Å². The minimum atomic E-state index is -0.847. The van der Waals surface area contributed by atoms with Crippen LogP contribution in [0.2, 0.25) is 0 Å². The molecule has 98 valence electrons. The Morgan fingerprint density at radius 1 is 1.56 bits per heavy atom. The Bertz CT molecular complexity index is 461. The average Bonchev–Trinajstić information content (AvgIpc) is 2.39. The Hall–Kier alpha value is -1.11. The van der Waals surface area contributed by atoms with Gasteiger partial charge in [-0.05, 0) is 23.3 Å². The van der Waals surface area contributed by atoms with Gasteiger partial charge in [-0.25, -0.2) is 4.39 Å². The zero-order valence-electron chi connectivity index (χ0n) is 9.91. The van der Waals surface area contributed by atoms with E-state index in [1.165, 1.54) is 23.9 Å². The molecule has 1 heterocycles. The summed E-state index contributed by atoms with van der Waals surface area (Å²) < 4.78 is 12.4. The van der Waals surface area contributed by atoms with Crippen LogP contribution in [0.25, 0.3) is 0 Å². The molecule has 0 aromatic heterocycles. The van der Waals surface area contributed by atoms with Crippen LogP contribution in [0.4, 0.5) is 4.39 Å². The number of rotatable bonds is 3. The highest BCUT2D eigenvalue weighted by atomic mass is 32.2. The van der Waals surface area contributed by atoms with E-state index in [0.717, 1.165) is 17.9 Å². The quantitative estimate of drug-likeness (QED) is 0.737. The molecular formula is C12H16FN3OS. The summed E-state index contributed by atoms with van der Waals surface area (Å²) in [5, 5.41) is 3.17. The lowest BCUT2D eigenvalue weighted by Gasteiger charge is -2.35. The van der Waals surface area contributed by atoms with Crippen LogP contribution >= 0.6 is 11.8 Å². The standard InChI is InChI=1S/C12H16FN3OS/c13-9-1-2-10(8(5-9)6-14)12(11(15)17)7-16-3-4-18-12/h1-2,5,16H,3-4,6-7,14H2,(H2,15,17). The van der Waals surface area contributed by atoms with Gasteiger partial charge >= 0.3 is 0 Å². The maximum Gasteiger partial charge on any atom is 0.239 e. The van der Waals surface area contributed by atoms with E-state index in [4.69, 9.17) is 11.5 Å². The van der Waals surface area contributed by atoms with Gasteiger partial charge < -0.3 is 16.8 Å². The van der Waals surface area contributed by atoms with Crippen molar-refractivity contribution in [2.24, 2.45) is 11.5 Å². The number of carbonyl (C=O) groups excluding carboxylic acids is 1. The molecule has 2 rings (SSSR count). The Morgan fingerprint density at radius 2 is 2.33 bits per heavy atom. The topological polar surface area (TPSA) is 81.1 Å². The molecular weight excluding hydrogens is 253 g/mol. The van der Waals surface area contributed by atoms with Crippen LogP contribution in [0, 0.1) is 5.82 Å². The van der Waals surface area contributed by atoms with Crippen LogP contribution in [-0.4, -0.2) is 24.7 Å². The molecule has 0 radical (unpaired) electrons. The van der Waals surface area contributed by atoms with Crippen LogP contribution in [0.1, 0.15) is 11.1 Å². The Kier molecular flexibility index (Phi) is 3.89. The van der Waals surface area contributed by atoms with Gasteiger partial charge in [0.15, 0.2) is 0 Å². The third-order valence-corrected chi connectivity index (χ3v) is 4.59. The highest BCUT2D eigenvalue weighted by Gasteiger charge is 2.42. The van der Waals surface area contributed by atoms with E-state index in [1.807, 2.05) is 0 Å². The van der Waals surface area contributed by atoms with E-state index in [2.05, 4.69) is 5.32 Å². The number of nitrogens with one attached hydrogen (secondary N) is 1. The smallest absolute Gasteiger partial charge is 0.239 e. The highest BCUT2D eigenvalue weighted by Crippen LogP contribution is 2.39. The minimum absolute atomic E-state index is 0.183. The van der Waals surface area contributed by atoms with Gasteiger partial charge in [0.25, 0.3) is 0 Å². The van der Waals surface area contributed by atoms with Gasteiger partial charge in [-0.1, -0.05) is 6.07 Å². The van der Waals surface area contributed by atoms with Gasteiger partial charge in [-0.15, -0.1) is 11.8 Å². The summed E-state index contributed by atoms with van der Waals surface area (Å²) in [5.41, 5.74) is 12.5. The van der Waals surface area contributed by atoms with E-state index in [1.54, 1.807) is 6.07 Å². The Morgan fingerprint density at radius 3 is 2.89 bits per heavy atom. The van der Waals surface area contributed by atoms with Gasteiger partial charge in [0.1, 0.15) is 10.6 Å². The summed E-state index contributed by atoms with van der Waals surface area (Å²) in [6.07, 6.45) is 0. The van der Waals surface area contributed by atoms with Crippen LogP contribution in [-0.2, 0) is 16.1 Å². The SMILES string of the molecule is NCc1cc(F)ccc1C1(C(N)=O)CNCCS1. The van der Waals surface area contributed by atoms with E-state index < -0.39 is 10.7 Å². The number of amides is 1. The molecule has 18 heavy (non-hydrogen) atoms. The van der Waals surface area contributed by atoms with Gasteiger partial charge in [0.2, 0.25) is 5.91 Å². The van der Waals surface area contributed by atoms with Gasteiger partial charge in [-0.3, -0.25) is 4.79 Å². The second kappa shape index (κ2) is 5.26. The number of primary amides is 1. The van der Waals surface area contributed by atoms with Gasteiger partial charge in [-0.2, -0.15) is 0 Å². The monoisotopic (exact) mass is 269 g/mol. The molecule has 0 bridgehead atoms. The zero-order valence-corrected chi connectivity index (χ0v) is 10.7. The molecule has 0 saturated carbocycles. The number of hydrogen-bond donors (Lipinski definition) is 3. The summed E-state index contributed by atoms with van der Waals surface area (Å²) in [6.45, 7) is 1.47. The van der Waals surface area contributed by atoms with Gasteiger partial charge in [0, 0.05) is 25.4 Å². The second-order valence-electron chi connectivity index (χ2n) is 4.22. The predicted molar refractivity (Wildman–Crippen MR) is 70.5 cm³/mol. The van der Waals surface area contributed by atoms with E-state index in [9.17, 15) is 9.18 Å². The maximum absolute atomic E-state index is 13.2. The molecule has 1 aromatic rings. The fraction of sp³-hybridized carbons (Fsp3) is 0.417. The molecule has 1 aliphatic rings. The molecule has 0 spiro atoms. The van der Waals surface area contributed by atoms with Crippen molar-refractivity contribution in [1.82, 2.24) is 5.32 Å². The first-order valence-corrected chi connectivity index (χ1v) is 6.72. The van der Waals surface area contributed by atoms with Crippen LogP contribution in [0.3, 0.4) is 0 Å². The Balaban J connectivity index is 2.51. The fourth-order valence-electron chi connectivity index (χ4n) is 2.20. The lowest BCUT2D eigenvalue weighted by molar-refractivity contribution is -0.120. The number of nitrogens with two attached hydrogens (primary N) is 2. The summed E-state index contributed by atoms with van der Waals surface area (Å²) in [5.74, 6) is 0.0123. The molecule has 1 fully saturated rings. The van der Waals surface area contributed by atoms with Crippen molar-refractivity contribution in [2.45, 2.75) is 11.3 Å². The number of thioether (sulfide) groups is 1. The Labute approximate surface area is 109 Å². The lowest BCUT2D eigenvalue weighted by Crippen LogP contribution is -2.50. The lowest BCUT2D eigenvalue weighted by atomic mass is 9.92. The largest absolute Gasteiger partial charge is 0.368 e. The first-order valence-electron chi connectivity index (χ1n) is 5.74. The highest BCUT2D eigenvalue weighted by molar-refractivity contribution is 8.01. The van der Waals surface area contributed by atoms with E-state index >= 15 is 0 Å². The molecule has 0 aliphatic carbocycles. The molecule has 1 aromatic carbocycles. The summed E-state index contributed by atoms with van der Waals surface area (Å²) >= 11 is 1.49. The first kappa shape index (κ1) is 13.3. The van der Waals surface area contributed by atoms with Crippen LogP contribution in [0.15, 0.2) is 18.2 Å². The third kappa shape index (κ3) is 2.23. The van der Waals surface area contributed by atoms with Crippen molar-refractivity contribution in [1.29, 1.82) is 0 Å². The molecule has 4 nitrogen and oxygen atoms in total. The molecule has 1 aliphatic heterocycles. The molecule has 1 atom stereocenters. The minimum Gasteiger partial charge on any atom is -0.368 e. The van der Waals surface area contributed by atoms with Crippen molar-refractivity contribution in [3.05, 3.63) is 35.1 Å². The normalized spacial score (nSPS) is 23.9. The molecule has 1 amide bonds. The molecule has 5 N–H and O–H groups in total. The van der Waals surface area contributed by atoms with Crippen molar-refractivity contribution in [2.75, 3.05) is 18.8 Å². The van der Waals surface area contributed by atoms with Crippen LogP contribution < -0.4 is 16.8 Å². The third-order valence-electron chi connectivity index (χ3n) is 3.12. The number of hydrogen-bond acceptors (Lipinski definition) is 4. The average molecular weight is 269 g/mol.